The fraction of sp³-hybridized carbons (Fsp3) is 0.667. The number of hydrogen-bond acceptors (Lipinski definition) is 4. The van der Waals surface area contributed by atoms with Crippen LogP contribution in [0.2, 0.25) is 5.15 Å². The van der Waals surface area contributed by atoms with Gasteiger partial charge in [0.2, 0.25) is 5.88 Å². The zero-order chi connectivity index (χ0) is 12.3. The second-order valence-electron chi connectivity index (χ2n) is 4.43. The fourth-order valence-electron chi connectivity index (χ4n) is 2.23. The molecule has 17 heavy (non-hydrogen) atoms. The van der Waals surface area contributed by atoms with Crippen molar-refractivity contribution in [1.82, 2.24) is 9.97 Å². The molecule has 0 spiro atoms. The predicted octanol–water partition coefficient (Wildman–Crippen LogP) is 3.19. The van der Waals surface area contributed by atoms with Gasteiger partial charge in [0, 0.05) is 6.04 Å². The molecule has 0 unspecified atom stereocenters. The van der Waals surface area contributed by atoms with Gasteiger partial charge in [-0.1, -0.05) is 30.9 Å². The number of halogens is 1. The average molecular weight is 256 g/mol. The van der Waals surface area contributed by atoms with Crippen molar-refractivity contribution in [2.75, 3.05) is 12.4 Å². The van der Waals surface area contributed by atoms with E-state index in [1.54, 1.807) is 14.0 Å². The number of anilines is 1. The molecular weight excluding hydrogens is 238 g/mol. The second kappa shape index (κ2) is 5.54. The summed E-state index contributed by atoms with van der Waals surface area (Å²) < 4.78 is 5.25. The highest BCUT2D eigenvalue weighted by atomic mass is 35.5. The predicted molar refractivity (Wildman–Crippen MR) is 68.8 cm³/mol. The molecule has 94 valence electrons. The Balaban J connectivity index is 2.18. The zero-order valence-corrected chi connectivity index (χ0v) is 11.0. The smallest absolute Gasteiger partial charge is 0.242 e. The lowest BCUT2D eigenvalue weighted by Crippen LogP contribution is -2.23. The highest BCUT2D eigenvalue weighted by Gasteiger charge is 2.18. The number of ether oxygens (including phenoxy) is 1. The van der Waals surface area contributed by atoms with Gasteiger partial charge in [0.25, 0.3) is 0 Å². The van der Waals surface area contributed by atoms with E-state index in [2.05, 4.69) is 15.3 Å². The van der Waals surface area contributed by atoms with Crippen LogP contribution in [0.5, 0.6) is 5.88 Å². The molecule has 5 heteroatoms. The Bertz CT molecular complexity index is 392. The molecule has 1 aliphatic carbocycles. The first-order valence-electron chi connectivity index (χ1n) is 6.05. The molecule has 1 fully saturated rings. The molecule has 1 aromatic rings. The van der Waals surface area contributed by atoms with Gasteiger partial charge < -0.3 is 10.1 Å². The monoisotopic (exact) mass is 255 g/mol. The third kappa shape index (κ3) is 3.00. The number of rotatable bonds is 3. The van der Waals surface area contributed by atoms with Gasteiger partial charge >= 0.3 is 0 Å². The average Bonchev–Trinajstić information content (AvgIpc) is 2.33. The molecule has 0 amide bonds. The number of aromatic nitrogens is 2. The Hall–Kier alpha value is -1.03. The summed E-state index contributed by atoms with van der Waals surface area (Å²) in [5, 5.41) is 3.86. The molecule has 1 saturated carbocycles. The molecule has 0 aromatic carbocycles. The van der Waals surface area contributed by atoms with Crippen molar-refractivity contribution < 1.29 is 4.74 Å². The Morgan fingerprint density at radius 2 is 1.94 bits per heavy atom. The van der Waals surface area contributed by atoms with Gasteiger partial charge in [-0.15, -0.1) is 0 Å². The largest absolute Gasteiger partial charge is 0.479 e. The Kier molecular flexibility index (Phi) is 4.05. The standard InChI is InChI=1S/C12H18ClN3O/c1-8-14-11(13)10(12(15-8)17-2)16-9-6-4-3-5-7-9/h9,16H,3-7H2,1-2H3. The zero-order valence-electron chi connectivity index (χ0n) is 10.3. The van der Waals surface area contributed by atoms with Gasteiger partial charge in [-0.05, 0) is 19.8 Å². The van der Waals surface area contributed by atoms with E-state index in [1.807, 2.05) is 0 Å². The summed E-state index contributed by atoms with van der Waals surface area (Å²) in [4.78, 5) is 8.40. The third-order valence-corrected chi connectivity index (χ3v) is 3.36. The van der Waals surface area contributed by atoms with Crippen LogP contribution < -0.4 is 10.1 Å². The molecule has 0 radical (unpaired) electrons. The van der Waals surface area contributed by atoms with Gasteiger partial charge in [0.1, 0.15) is 11.5 Å². The summed E-state index contributed by atoms with van der Waals surface area (Å²) in [6.07, 6.45) is 6.21. The van der Waals surface area contributed by atoms with Crippen molar-refractivity contribution in [2.45, 2.75) is 45.1 Å². The van der Waals surface area contributed by atoms with Crippen molar-refractivity contribution in [2.24, 2.45) is 0 Å². The maximum Gasteiger partial charge on any atom is 0.242 e. The van der Waals surface area contributed by atoms with E-state index in [1.165, 1.54) is 32.1 Å². The van der Waals surface area contributed by atoms with Crippen molar-refractivity contribution in [3.8, 4) is 5.88 Å². The van der Waals surface area contributed by atoms with Crippen molar-refractivity contribution in [3.05, 3.63) is 11.0 Å². The van der Waals surface area contributed by atoms with Crippen molar-refractivity contribution in [1.29, 1.82) is 0 Å². The molecule has 0 saturated heterocycles. The summed E-state index contributed by atoms with van der Waals surface area (Å²) in [5.41, 5.74) is 0.728. The summed E-state index contributed by atoms with van der Waals surface area (Å²) in [7, 11) is 1.60. The molecule has 4 nitrogen and oxygen atoms in total. The van der Waals surface area contributed by atoms with Gasteiger partial charge in [-0.3, -0.25) is 0 Å². The minimum absolute atomic E-state index is 0.444. The van der Waals surface area contributed by atoms with Crippen LogP contribution >= 0.6 is 11.6 Å². The first kappa shape index (κ1) is 12.4. The summed E-state index contributed by atoms with van der Waals surface area (Å²) in [6, 6.07) is 0.460. The van der Waals surface area contributed by atoms with Crippen LogP contribution in [0.15, 0.2) is 0 Å². The van der Waals surface area contributed by atoms with Crippen LogP contribution in [0.1, 0.15) is 37.9 Å². The van der Waals surface area contributed by atoms with Gasteiger partial charge in [0.15, 0.2) is 5.15 Å². The van der Waals surface area contributed by atoms with Crippen LogP contribution in [0.25, 0.3) is 0 Å². The third-order valence-electron chi connectivity index (χ3n) is 3.09. The van der Waals surface area contributed by atoms with E-state index in [4.69, 9.17) is 16.3 Å². The van der Waals surface area contributed by atoms with Crippen molar-refractivity contribution in [3.63, 3.8) is 0 Å². The molecule has 1 N–H and O–H groups in total. The molecule has 2 rings (SSSR count). The van der Waals surface area contributed by atoms with Crippen LogP contribution in [0.3, 0.4) is 0 Å². The number of nitrogens with zero attached hydrogens (tertiary/aromatic N) is 2. The SMILES string of the molecule is COc1nc(C)nc(Cl)c1NC1CCCCC1. The highest BCUT2D eigenvalue weighted by Crippen LogP contribution is 2.32. The van der Waals surface area contributed by atoms with E-state index >= 15 is 0 Å². The van der Waals surface area contributed by atoms with E-state index in [-0.39, 0.29) is 0 Å². The van der Waals surface area contributed by atoms with Crippen LogP contribution in [0.4, 0.5) is 5.69 Å². The lowest BCUT2D eigenvalue weighted by atomic mass is 9.95. The van der Waals surface area contributed by atoms with E-state index in [9.17, 15) is 0 Å². The number of hydrogen-bond donors (Lipinski definition) is 1. The second-order valence-corrected chi connectivity index (χ2v) is 4.78. The Morgan fingerprint density at radius 1 is 1.24 bits per heavy atom. The van der Waals surface area contributed by atoms with Gasteiger partial charge in [-0.25, -0.2) is 4.98 Å². The molecule has 0 aliphatic heterocycles. The molecule has 1 aliphatic rings. The number of aryl methyl sites for hydroxylation is 1. The number of methoxy groups -OCH3 is 1. The normalized spacial score (nSPS) is 16.9. The summed E-state index contributed by atoms with van der Waals surface area (Å²) in [6.45, 7) is 1.80. The Morgan fingerprint density at radius 3 is 2.59 bits per heavy atom. The molecule has 0 atom stereocenters. The lowest BCUT2D eigenvalue weighted by molar-refractivity contribution is 0.394. The highest BCUT2D eigenvalue weighted by molar-refractivity contribution is 6.32. The first-order valence-corrected chi connectivity index (χ1v) is 6.43. The molecule has 1 heterocycles. The summed E-state index contributed by atoms with van der Waals surface area (Å²) >= 11 is 6.14. The minimum Gasteiger partial charge on any atom is -0.479 e. The van der Waals surface area contributed by atoms with Gasteiger partial charge in [0.05, 0.1) is 7.11 Å². The quantitative estimate of drug-likeness (QED) is 0.843. The Labute approximate surface area is 107 Å². The fourth-order valence-corrected chi connectivity index (χ4v) is 2.49. The van der Waals surface area contributed by atoms with E-state index in [0.717, 1.165) is 5.69 Å². The van der Waals surface area contributed by atoms with Crippen LogP contribution in [-0.2, 0) is 0 Å². The lowest BCUT2D eigenvalue weighted by Gasteiger charge is -2.24. The minimum atomic E-state index is 0.444. The topological polar surface area (TPSA) is 47.0 Å². The van der Waals surface area contributed by atoms with E-state index in [0.29, 0.717) is 22.9 Å². The van der Waals surface area contributed by atoms with Crippen LogP contribution in [0, 0.1) is 6.92 Å². The van der Waals surface area contributed by atoms with E-state index < -0.39 is 0 Å². The molecule has 1 aromatic heterocycles. The van der Waals surface area contributed by atoms with Crippen molar-refractivity contribution >= 4 is 17.3 Å². The number of nitrogens with one attached hydrogen (secondary N) is 1. The maximum absolute atomic E-state index is 6.14. The maximum atomic E-state index is 6.14. The summed E-state index contributed by atoms with van der Waals surface area (Å²) in [5.74, 6) is 1.16. The first-order chi connectivity index (χ1) is 8.20. The molecule has 0 bridgehead atoms. The van der Waals surface area contributed by atoms with Crippen LogP contribution in [-0.4, -0.2) is 23.1 Å². The molecular formula is C12H18ClN3O. The van der Waals surface area contributed by atoms with Gasteiger partial charge in [-0.2, -0.15) is 4.98 Å².